The van der Waals surface area contributed by atoms with E-state index >= 15 is 0 Å². The maximum atomic E-state index is 12.4. The number of esters is 1. The Kier molecular flexibility index (Phi) is 5.55. The van der Waals surface area contributed by atoms with Crippen LogP contribution < -0.4 is 14.2 Å². The van der Waals surface area contributed by atoms with Crippen molar-refractivity contribution >= 4 is 11.8 Å². The smallest absolute Gasteiger partial charge is 0.344 e. The van der Waals surface area contributed by atoms with E-state index in [1.54, 1.807) is 12.1 Å². The fraction of sp³-hybridized carbons (Fsp3) is 0.222. The first kappa shape index (κ1) is 17.5. The molecule has 0 bridgehead atoms. The van der Waals surface area contributed by atoms with Crippen LogP contribution in [0.2, 0.25) is 0 Å². The molecule has 0 aliphatic rings. The van der Waals surface area contributed by atoms with Crippen molar-refractivity contribution in [1.29, 1.82) is 0 Å². The minimum atomic E-state index is -0.643. The van der Waals surface area contributed by atoms with Gasteiger partial charge in [0.25, 0.3) is 0 Å². The van der Waals surface area contributed by atoms with E-state index in [9.17, 15) is 14.7 Å². The molecule has 0 aliphatic heterocycles. The summed E-state index contributed by atoms with van der Waals surface area (Å²) in [5.74, 6) is 0.340. The highest BCUT2D eigenvalue weighted by Crippen LogP contribution is 2.31. The number of methoxy groups -OCH3 is 2. The van der Waals surface area contributed by atoms with Gasteiger partial charge in [-0.25, -0.2) is 4.79 Å². The summed E-state index contributed by atoms with van der Waals surface area (Å²) in [6, 6.07) is 9.20. The first-order valence-electron chi connectivity index (χ1n) is 7.19. The Morgan fingerprint density at radius 1 is 1.00 bits per heavy atom. The first-order valence-corrected chi connectivity index (χ1v) is 7.19. The van der Waals surface area contributed by atoms with Crippen molar-refractivity contribution < 1.29 is 28.9 Å². The van der Waals surface area contributed by atoms with E-state index in [1.165, 1.54) is 45.4 Å². The van der Waals surface area contributed by atoms with E-state index < -0.39 is 5.97 Å². The third-order valence-electron chi connectivity index (χ3n) is 3.47. The van der Waals surface area contributed by atoms with Crippen molar-refractivity contribution in [3.63, 3.8) is 0 Å². The fourth-order valence-electron chi connectivity index (χ4n) is 2.16. The molecular formula is C18H18O6. The lowest BCUT2D eigenvalue weighted by Crippen LogP contribution is -2.12. The molecule has 2 rings (SSSR count). The van der Waals surface area contributed by atoms with Gasteiger partial charge < -0.3 is 19.3 Å². The van der Waals surface area contributed by atoms with Crippen LogP contribution in [-0.4, -0.2) is 31.1 Å². The SMILES string of the molecule is COc1cc(CO)c(C(=O)Oc2ccc(C(C)=O)cc2)cc1OC. The molecule has 0 radical (unpaired) electrons. The maximum Gasteiger partial charge on any atom is 0.344 e. The minimum Gasteiger partial charge on any atom is -0.493 e. The quantitative estimate of drug-likeness (QED) is 0.498. The van der Waals surface area contributed by atoms with Crippen molar-refractivity contribution in [1.82, 2.24) is 0 Å². The molecule has 0 aromatic heterocycles. The van der Waals surface area contributed by atoms with E-state index in [4.69, 9.17) is 14.2 Å². The van der Waals surface area contributed by atoms with Gasteiger partial charge in [-0.1, -0.05) is 0 Å². The van der Waals surface area contributed by atoms with E-state index in [1.807, 2.05) is 0 Å². The lowest BCUT2D eigenvalue weighted by molar-refractivity contribution is 0.0730. The lowest BCUT2D eigenvalue weighted by Gasteiger charge is -2.13. The average Bonchev–Trinajstić information content (AvgIpc) is 2.60. The molecule has 2 aromatic carbocycles. The zero-order valence-corrected chi connectivity index (χ0v) is 13.7. The number of carbonyl (C=O) groups excluding carboxylic acids is 2. The number of Topliss-reactive ketones (excluding diaryl/α,β-unsaturated/α-hetero) is 1. The number of aliphatic hydroxyl groups is 1. The molecule has 0 fully saturated rings. The van der Waals surface area contributed by atoms with Gasteiger partial charge in [-0.3, -0.25) is 4.79 Å². The van der Waals surface area contributed by atoms with Gasteiger partial charge in [-0.15, -0.1) is 0 Å². The van der Waals surface area contributed by atoms with Gasteiger partial charge in [0.05, 0.1) is 26.4 Å². The molecule has 24 heavy (non-hydrogen) atoms. The number of ether oxygens (including phenoxy) is 3. The highest BCUT2D eigenvalue weighted by molar-refractivity contribution is 5.95. The van der Waals surface area contributed by atoms with Gasteiger partial charge in [-0.05, 0) is 48.9 Å². The molecule has 6 nitrogen and oxygen atoms in total. The van der Waals surface area contributed by atoms with Crippen LogP contribution in [-0.2, 0) is 6.61 Å². The van der Waals surface area contributed by atoms with Crippen LogP contribution in [0.5, 0.6) is 17.2 Å². The molecule has 0 saturated carbocycles. The van der Waals surface area contributed by atoms with Crippen LogP contribution in [0.15, 0.2) is 36.4 Å². The number of hydrogen-bond donors (Lipinski definition) is 1. The van der Waals surface area contributed by atoms with Crippen molar-refractivity contribution in [3.8, 4) is 17.2 Å². The number of rotatable bonds is 6. The number of ketones is 1. The lowest BCUT2D eigenvalue weighted by atomic mass is 10.1. The summed E-state index contributed by atoms with van der Waals surface area (Å²) in [4.78, 5) is 23.6. The Balaban J connectivity index is 2.30. The van der Waals surface area contributed by atoms with E-state index in [0.29, 0.717) is 28.4 Å². The summed E-state index contributed by atoms with van der Waals surface area (Å²) in [6.07, 6.45) is 0. The molecule has 0 unspecified atom stereocenters. The largest absolute Gasteiger partial charge is 0.493 e. The summed E-state index contributed by atoms with van der Waals surface area (Å²) >= 11 is 0. The summed E-state index contributed by atoms with van der Waals surface area (Å²) in [5, 5.41) is 9.47. The average molecular weight is 330 g/mol. The third-order valence-corrected chi connectivity index (χ3v) is 3.47. The molecule has 0 amide bonds. The summed E-state index contributed by atoms with van der Waals surface area (Å²) in [5.41, 5.74) is 1.06. The molecule has 126 valence electrons. The van der Waals surface area contributed by atoms with Crippen LogP contribution in [0, 0.1) is 0 Å². The Labute approximate surface area is 139 Å². The zero-order chi connectivity index (χ0) is 17.7. The predicted octanol–water partition coefficient (Wildman–Crippen LogP) is 2.62. The molecule has 2 aromatic rings. The van der Waals surface area contributed by atoms with Crippen LogP contribution in [0.4, 0.5) is 0 Å². The molecule has 0 spiro atoms. The van der Waals surface area contributed by atoms with Crippen molar-refractivity contribution in [2.45, 2.75) is 13.5 Å². The highest BCUT2D eigenvalue weighted by Gasteiger charge is 2.18. The molecule has 1 N–H and O–H groups in total. The topological polar surface area (TPSA) is 82.1 Å². The monoisotopic (exact) mass is 330 g/mol. The third kappa shape index (κ3) is 3.72. The van der Waals surface area contributed by atoms with Crippen molar-refractivity contribution in [3.05, 3.63) is 53.1 Å². The van der Waals surface area contributed by atoms with E-state index in [2.05, 4.69) is 0 Å². The maximum absolute atomic E-state index is 12.4. The molecular weight excluding hydrogens is 312 g/mol. The number of benzene rings is 2. The fourth-order valence-corrected chi connectivity index (χ4v) is 2.16. The Hall–Kier alpha value is -2.86. The normalized spacial score (nSPS) is 10.2. The van der Waals surface area contributed by atoms with Gasteiger partial charge >= 0.3 is 5.97 Å². The zero-order valence-electron chi connectivity index (χ0n) is 13.7. The van der Waals surface area contributed by atoms with Crippen LogP contribution in [0.1, 0.15) is 33.2 Å². The summed E-state index contributed by atoms with van der Waals surface area (Å²) < 4.78 is 15.6. The van der Waals surface area contributed by atoms with Gasteiger partial charge in [0.2, 0.25) is 0 Å². The second-order valence-electron chi connectivity index (χ2n) is 4.99. The molecule has 0 heterocycles. The van der Waals surface area contributed by atoms with Gasteiger partial charge in [0.1, 0.15) is 5.75 Å². The molecule has 0 atom stereocenters. The standard InChI is InChI=1S/C18H18O6/c1-11(20)12-4-6-14(7-5-12)24-18(21)15-9-17(23-3)16(22-2)8-13(15)10-19/h4-9,19H,10H2,1-3H3. The second kappa shape index (κ2) is 7.61. The molecule has 6 heteroatoms. The van der Waals surface area contributed by atoms with Gasteiger partial charge in [0, 0.05) is 5.56 Å². The van der Waals surface area contributed by atoms with E-state index in [-0.39, 0.29) is 18.0 Å². The minimum absolute atomic E-state index is 0.0738. The summed E-state index contributed by atoms with van der Waals surface area (Å²) in [6.45, 7) is 1.10. The Bertz CT molecular complexity index is 749. The van der Waals surface area contributed by atoms with Gasteiger partial charge in [0.15, 0.2) is 17.3 Å². The van der Waals surface area contributed by atoms with E-state index in [0.717, 1.165) is 0 Å². The van der Waals surface area contributed by atoms with Crippen LogP contribution in [0.25, 0.3) is 0 Å². The first-order chi connectivity index (χ1) is 11.5. The Morgan fingerprint density at radius 3 is 2.08 bits per heavy atom. The number of hydrogen-bond acceptors (Lipinski definition) is 6. The second-order valence-corrected chi connectivity index (χ2v) is 4.99. The van der Waals surface area contributed by atoms with Crippen molar-refractivity contribution in [2.75, 3.05) is 14.2 Å². The molecule has 0 saturated heterocycles. The van der Waals surface area contributed by atoms with Crippen LogP contribution >= 0.6 is 0 Å². The van der Waals surface area contributed by atoms with Crippen molar-refractivity contribution in [2.24, 2.45) is 0 Å². The molecule has 0 aliphatic carbocycles. The predicted molar refractivity (Wildman–Crippen MR) is 86.9 cm³/mol. The number of carbonyl (C=O) groups is 2. The van der Waals surface area contributed by atoms with Crippen LogP contribution in [0.3, 0.4) is 0 Å². The Morgan fingerprint density at radius 2 is 1.58 bits per heavy atom. The van der Waals surface area contributed by atoms with Gasteiger partial charge in [-0.2, -0.15) is 0 Å². The summed E-state index contributed by atoms with van der Waals surface area (Å²) in [7, 11) is 2.92. The number of aliphatic hydroxyl groups excluding tert-OH is 1. The highest BCUT2D eigenvalue weighted by atomic mass is 16.5.